The van der Waals surface area contributed by atoms with Crippen LogP contribution in [0.3, 0.4) is 0 Å². The number of ether oxygens (including phenoxy) is 6. The lowest BCUT2D eigenvalue weighted by molar-refractivity contribution is -0.307. The second kappa shape index (κ2) is 15.3. The van der Waals surface area contributed by atoms with E-state index in [1.165, 1.54) is 7.11 Å². The summed E-state index contributed by atoms with van der Waals surface area (Å²) in [6.45, 7) is 7.93. The molecule has 1 aliphatic heterocycles. The molecule has 5 aliphatic rings. The Morgan fingerprint density at radius 1 is 0.945 bits per heavy atom. The van der Waals surface area contributed by atoms with Gasteiger partial charge in [0.15, 0.2) is 18.5 Å². The Labute approximate surface area is 322 Å². The number of methoxy groups -OCH3 is 1. The number of rotatable bonds is 13. The lowest BCUT2D eigenvalue weighted by Gasteiger charge is -2.58. The predicted molar refractivity (Wildman–Crippen MR) is 198 cm³/mol. The Morgan fingerprint density at radius 2 is 1.64 bits per heavy atom. The van der Waals surface area contributed by atoms with Crippen LogP contribution in [-0.2, 0) is 51.2 Å². The molecular weight excluding hydrogens is 706 g/mol. The van der Waals surface area contributed by atoms with Crippen LogP contribution in [0.15, 0.2) is 72.3 Å². The summed E-state index contributed by atoms with van der Waals surface area (Å²) in [6, 6.07) is 18.4. The fourth-order valence-electron chi connectivity index (χ4n) is 11.4. The molecule has 2 N–H and O–H groups in total. The van der Waals surface area contributed by atoms with E-state index in [0.717, 1.165) is 35.8 Å². The van der Waals surface area contributed by atoms with Crippen molar-refractivity contribution >= 4 is 24.5 Å². The van der Waals surface area contributed by atoms with Gasteiger partial charge in [0.2, 0.25) is 0 Å². The molecule has 12 atom stereocenters. The average Bonchev–Trinajstić information content (AvgIpc) is 3.75. The lowest BCUT2D eigenvalue weighted by atomic mass is 9.43. The van der Waals surface area contributed by atoms with Crippen LogP contribution in [0.1, 0.15) is 64.5 Å². The van der Waals surface area contributed by atoms with Crippen molar-refractivity contribution in [3.63, 3.8) is 0 Å². The maximum Gasteiger partial charge on any atom is 0.509 e. The maximum absolute atomic E-state index is 14.0. The minimum Gasteiger partial charge on any atom is -0.481 e. The van der Waals surface area contributed by atoms with Gasteiger partial charge < -0.3 is 43.6 Å². The molecule has 4 fully saturated rings. The number of nitrogens with one attached hydrogen (secondary N) is 1. The standard InChI is InChI=1S/C43H53NO11/c1-25(2)33-18-30-19-41(23-45)32-17-16-26(3)31(32)20-42(30,43(33,41)38(46)47)24-52-37-36(55-40(49)51-22-29-14-10-7-11-15-29)35(34(50-5)27(4)53-37)54-39(48)44-21-28-12-8-6-9-13-28/h6-15,18,23,25-27,30-32,34-37H,16-17,19-22,24H2,1-5H3,(H,44,48)(H,46,47)/t26?,27-,30?,31?,32?,34-,35-,36+,37-,41?,42?,43?/m1/s1. The van der Waals surface area contributed by atoms with Crippen LogP contribution >= 0.6 is 0 Å². The zero-order chi connectivity index (χ0) is 39.1. The Balaban J connectivity index is 1.21. The molecule has 1 amide bonds. The molecule has 2 aromatic rings. The van der Waals surface area contributed by atoms with Crippen molar-refractivity contribution in [2.45, 2.75) is 97.2 Å². The molecule has 0 radical (unpaired) electrons. The highest BCUT2D eigenvalue weighted by molar-refractivity contribution is 5.90. The van der Waals surface area contributed by atoms with Gasteiger partial charge in [0.05, 0.1) is 18.1 Å². The van der Waals surface area contributed by atoms with Crippen LogP contribution in [0.2, 0.25) is 0 Å². The smallest absolute Gasteiger partial charge is 0.481 e. The largest absolute Gasteiger partial charge is 0.509 e. The summed E-state index contributed by atoms with van der Waals surface area (Å²) in [5.41, 5.74) is -1.19. The number of fused-ring (bicyclic) bond motifs is 2. The summed E-state index contributed by atoms with van der Waals surface area (Å²) in [5, 5.41) is 14.2. The van der Waals surface area contributed by atoms with Gasteiger partial charge in [-0.15, -0.1) is 0 Å². The zero-order valence-electron chi connectivity index (χ0n) is 32.2. The van der Waals surface area contributed by atoms with E-state index in [1.54, 1.807) is 19.1 Å². The number of allylic oxidation sites excluding steroid dienone is 1. The molecule has 7 unspecified atom stereocenters. The molecule has 0 spiro atoms. The summed E-state index contributed by atoms with van der Waals surface area (Å²) in [4.78, 5) is 54.4. The van der Waals surface area contributed by atoms with E-state index in [9.17, 15) is 24.3 Å². The number of benzene rings is 2. The van der Waals surface area contributed by atoms with Crippen LogP contribution in [0, 0.1) is 45.8 Å². The second-order valence-corrected chi connectivity index (χ2v) is 16.5. The molecular formula is C43H53NO11. The Hall–Kier alpha value is -4.26. The monoisotopic (exact) mass is 759 g/mol. The fraction of sp³-hybridized carbons (Fsp3) is 0.581. The van der Waals surface area contributed by atoms with E-state index < -0.39 is 65.2 Å². The van der Waals surface area contributed by atoms with Gasteiger partial charge in [0, 0.05) is 19.1 Å². The first kappa shape index (κ1) is 39.0. The molecule has 2 aromatic carbocycles. The summed E-state index contributed by atoms with van der Waals surface area (Å²) in [6.07, 6.45) is -1.52. The summed E-state index contributed by atoms with van der Waals surface area (Å²) >= 11 is 0. The van der Waals surface area contributed by atoms with E-state index in [2.05, 4.69) is 18.3 Å². The number of amides is 1. The number of hydrogen-bond acceptors (Lipinski definition) is 10. The molecule has 1 saturated heterocycles. The summed E-state index contributed by atoms with van der Waals surface area (Å²) in [7, 11) is 1.44. The van der Waals surface area contributed by atoms with E-state index in [4.69, 9.17) is 28.4 Å². The van der Waals surface area contributed by atoms with Crippen molar-refractivity contribution in [3.05, 3.63) is 83.4 Å². The van der Waals surface area contributed by atoms with E-state index in [0.29, 0.717) is 18.8 Å². The number of carboxylic acid groups (broad SMARTS) is 1. The maximum atomic E-state index is 14.0. The molecule has 1 heterocycles. The van der Waals surface area contributed by atoms with Crippen molar-refractivity contribution in [2.75, 3.05) is 13.7 Å². The summed E-state index contributed by atoms with van der Waals surface area (Å²) < 4.78 is 36.4. The highest BCUT2D eigenvalue weighted by Gasteiger charge is 2.84. The van der Waals surface area contributed by atoms with Gasteiger partial charge in [-0.25, -0.2) is 9.59 Å². The minimum atomic E-state index is -1.49. The van der Waals surface area contributed by atoms with Crippen molar-refractivity contribution in [1.82, 2.24) is 5.32 Å². The van der Waals surface area contributed by atoms with Gasteiger partial charge in [-0.1, -0.05) is 99.5 Å². The third-order valence-electron chi connectivity index (χ3n) is 13.6. The van der Waals surface area contributed by atoms with Crippen LogP contribution < -0.4 is 5.32 Å². The van der Waals surface area contributed by atoms with Crippen LogP contribution in [0.5, 0.6) is 0 Å². The van der Waals surface area contributed by atoms with Gasteiger partial charge in [-0.2, -0.15) is 0 Å². The van der Waals surface area contributed by atoms with Crippen LogP contribution in [0.4, 0.5) is 9.59 Å². The third-order valence-corrected chi connectivity index (χ3v) is 13.6. The molecule has 296 valence electrons. The van der Waals surface area contributed by atoms with Gasteiger partial charge in [0.1, 0.15) is 24.4 Å². The number of alkyl carbamates (subject to hydrolysis) is 1. The first-order valence-corrected chi connectivity index (χ1v) is 19.5. The number of aliphatic carboxylic acids is 1. The predicted octanol–water partition coefficient (Wildman–Crippen LogP) is 6.70. The SMILES string of the molecule is CO[C@H]1[C@@H](OC(=O)NCc2ccccc2)[C@H](OC(=O)OCc2ccccc2)[C@H](OCC23CC4C(C)CCC4C4(C=O)CC2C=C(C(C)C)C43C(=O)O)O[C@@H]1C. The Morgan fingerprint density at radius 3 is 2.27 bits per heavy atom. The van der Waals surface area contributed by atoms with Gasteiger partial charge >= 0.3 is 18.2 Å². The molecule has 4 bridgehead atoms. The van der Waals surface area contributed by atoms with E-state index in [-0.39, 0.29) is 43.4 Å². The number of carbonyl (C=O) groups excluding carboxylic acids is 3. The highest BCUT2D eigenvalue weighted by atomic mass is 16.8. The number of carbonyl (C=O) groups is 4. The zero-order valence-corrected chi connectivity index (χ0v) is 32.2. The normalized spacial score (nSPS) is 37.1. The Kier molecular flexibility index (Phi) is 10.9. The van der Waals surface area contributed by atoms with Crippen molar-refractivity contribution < 1.29 is 52.7 Å². The van der Waals surface area contributed by atoms with Gasteiger partial charge in [0.25, 0.3) is 0 Å². The lowest BCUT2D eigenvalue weighted by Crippen LogP contribution is -2.65. The van der Waals surface area contributed by atoms with Crippen LogP contribution in [0.25, 0.3) is 0 Å². The third kappa shape index (κ3) is 6.34. The number of carboxylic acids is 1. The molecule has 12 heteroatoms. The van der Waals surface area contributed by atoms with Gasteiger partial charge in [-0.05, 0) is 66.9 Å². The summed E-state index contributed by atoms with van der Waals surface area (Å²) in [5.74, 6) is -0.959. The number of aldehydes is 1. The van der Waals surface area contributed by atoms with Crippen LogP contribution in [-0.4, -0.2) is 74.0 Å². The highest BCUT2D eigenvalue weighted by Crippen LogP contribution is 2.82. The first-order valence-electron chi connectivity index (χ1n) is 19.5. The Bertz CT molecular complexity index is 1770. The topological polar surface area (TPSA) is 156 Å². The quantitative estimate of drug-likeness (QED) is 0.127. The van der Waals surface area contributed by atoms with E-state index >= 15 is 0 Å². The number of hydrogen-bond donors (Lipinski definition) is 2. The molecule has 0 aromatic heterocycles. The molecule has 4 aliphatic carbocycles. The molecule has 3 saturated carbocycles. The fourth-order valence-corrected chi connectivity index (χ4v) is 11.4. The van der Waals surface area contributed by atoms with Gasteiger partial charge in [-0.3, -0.25) is 4.79 Å². The van der Waals surface area contributed by atoms with Crippen molar-refractivity contribution in [2.24, 2.45) is 45.8 Å². The molecule has 12 nitrogen and oxygen atoms in total. The average molecular weight is 760 g/mol. The van der Waals surface area contributed by atoms with E-state index in [1.807, 2.05) is 62.4 Å². The molecule has 55 heavy (non-hydrogen) atoms. The van der Waals surface area contributed by atoms with Crippen molar-refractivity contribution in [1.29, 1.82) is 0 Å². The second-order valence-electron chi connectivity index (χ2n) is 16.5. The minimum absolute atomic E-state index is 0.0484. The van der Waals surface area contributed by atoms with Crippen molar-refractivity contribution in [3.8, 4) is 0 Å². The molecule has 7 rings (SSSR count). The first-order chi connectivity index (χ1) is 26.4.